The summed E-state index contributed by atoms with van der Waals surface area (Å²) in [6.07, 6.45) is 1.69. The predicted octanol–water partition coefficient (Wildman–Crippen LogP) is 2.58. The topological polar surface area (TPSA) is 42.3 Å². The standard InChI is InChI=1S/C18H24N2O2S/c1-19(2)10-6-11-20-17-9-12-23(21,22)14-16(17)13-18(20)15-7-4-3-5-8-15/h3-5,7-8,13H,6,9-12,14H2,1-2H3. The first-order valence-electron chi connectivity index (χ1n) is 8.08. The second kappa shape index (κ2) is 6.49. The van der Waals surface area contributed by atoms with E-state index >= 15 is 0 Å². The zero-order chi connectivity index (χ0) is 16.4. The van der Waals surface area contributed by atoms with Crippen molar-refractivity contribution in [3.63, 3.8) is 0 Å². The lowest BCUT2D eigenvalue weighted by atomic mass is 10.1. The summed E-state index contributed by atoms with van der Waals surface area (Å²) in [6.45, 7) is 1.96. The Morgan fingerprint density at radius 2 is 1.91 bits per heavy atom. The molecule has 2 heterocycles. The van der Waals surface area contributed by atoms with Gasteiger partial charge in [0.15, 0.2) is 9.84 Å². The number of sulfone groups is 1. The molecule has 23 heavy (non-hydrogen) atoms. The van der Waals surface area contributed by atoms with E-state index in [9.17, 15) is 8.42 Å². The summed E-state index contributed by atoms with van der Waals surface area (Å²) in [5, 5.41) is 0. The van der Waals surface area contributed by atoms with Gasteiger partial charge in [0.05, 0.1) is 11.5 Å². The van der Waals surface area contributed by atoms with Crippen LogP contribution in [0.1, 0.15) is 17.7 Å². The Kier molecular flexibility index (Phi) is 4.60. The van der Waals surface area contributed by atoms with Crippen molar-refractivity contribution in [1.29, 1.82) is 0 Å². The zero-order valence-corrected chi connectivity index (χ0v) is 14.6. The minimum Gasteiger partial charge on any atom is -0.344 e. The lowest BCUT2D eigenvalue weighted by Crippen LogP contribution is -2.21. The zero-order valence-electron chi connectivity index (χ0n) is 13.8. The molecule has 4 nitrogen and oxygen atoms in total. The van der Waals surface area contributed by atoms with E-state index in [1.165, 1.54) is 5.69 Å². The second-order valence-electron chi connectivity index (χ2n) is 6.52. The summed E-state index contributed by atoms with van der Waals surface area (Å²) in [5.74, 6) is 0.453. The van der Waals surface area contributed by atoms with Crippen LogP contribution in [-0.4, -0.2) is 44.3 Å². The Morgan fingerprint density at radius 1 is 1.17 bits per heavy atom. The van der Waals surface area contributed by atoms with E-state index in [0.717, 1.165) is 36.3 Å². The molecule has 1 aliphatic heterocycles. The van der Waals surface area contributed by atoms with Crippen molar-refractivity contribution in [3.05, 3.63) is 47.7 Å². The lowest BCUT2D eigenvalue weighted by Gasteiger charge is -2.18. The van der Waals surface area contributed by atoms with E-state index in [0.29, 0.717) is 6.42 Å². The van der Waals surface area contributed by atoms with Crippen LogP contribution >= 0.6 is 0 Å². The van der Waals surface area contributed by atoms with Gasteiger partial charge in [0, 0.05) is 24.4 Å². The van der Waals surface area contributed by atoms with Crippen LogP contribution in [0, 0.1) is 0 Å². The van der Waals surface area contributed by atoms with Crippen molar-refractivity contribution < 1.29 is 8.42 Å². The Balaban J connectivity index is 1.99. The van der Waals surface area contributed by atoms with Gasteiger partial charge in [-0.1, -0.05) is 30.3 Å². The summed E-state index contributed by atoms with van der Waals surface area (Å²) < 4.78 is 26.3. The van der Waals surface area contributed by atoms with Crippen molar-refractivity contribution in [2.75, 3.05) is 26.4 Å². The molecule has 0 amide bonds. The van der Waals surface area contributed by atoms with Crippen molar-refractivity contribution in [1.82, 2.24) is 9.47 Å². The average Bonchev–Trinajstić information content (AvgIpc) is 2.84. The third kappa shape index (κ3) is 3.67. The fourth-order valence-electron chi connectivity index (χ4n) is 3.28. The molecular formula is C18H24N2O2S. The van der Waals surface area contributed by atoms with Crippen molar-refractivity contribution in [3.8, 4) is 11.3 Å². The predicted molar refractivity (Wildman–Crippen MR) is 94.2 cm³/mol. The summed E-state index contributed by atoms with van der Waals surface area (Å²) in [7, 11) is 1.22. The molecule has 0 spiro atoms. The molecule has 1 aromatic heterocycles. The van der Waals surface area contributed by atoms with Crippen LogP contribution in [0.3, 0.4) is 0 Å². The summed E-state index contributed by atoms with van der Waals surface area (Å²) >= 11 is 0. The van der Waals surface area contributed by atoms with Gasteiger partial charge < -0.3 is 9.47 Å². The van der Waals surface area contributed by atoms with Gasteiger partial charge in [-0.25, -0.2) is 8.42 Å². The highest BCUT2D eigenvalue weighted by atomic mass is 32.2. The minimum atomic E-state index is -2.94. The van der Waals surface area contributed by atoms with Gasteiger partial charge in [-0.2, -0.15) is 0 Å². The van der Waals surface area contributed by atoms with E-state index in [2.05, 4.69) is 41.8 Å². The summed E-state index contributed by atoms with van der Waals surface area (Å²) in [5.41, 5.74) is 4.49. The van der Waals surface area contributed by atoms with Crippen molar-refractivity contribution >= 4 is 9.84 Å². The van der Waals surface area contributed by atoms with Crippen LogP contribution in [0.4, 0.5) is 0 Å². The molecule has 0 aliphatic carbocycles. The number of rotatable bonds is 5. The third-order valence-corrected chi connectivity index (χ3v) is 5.96. The fourth-order valence-corrected chi connectivity index (χ4v) is 4.65. The molecule has 0 bridgehead atoms. The van der Waals surface area contributed by atoms with Gasteiger partial charge in [-0.05, 0) is 44.3 Å². The molecule has 0 fully saturated rings. The van der Waals surface area contributed by atoms with Gasteiger partial charge in [0.1, 0.15) is 0 Å². The van der Waals surface area contributed by atoms with Crippen LogP contribution in [0.2, 0.25) is 0 Å². The van der Waals surface area contributed by atoms with Gasteiger partial charge >= 0.3 is 0 Å². The lowest BCUT2D eigenvalue weighted by molar-refractivity contribution is 0.385. The van der Waals surface area contributed by atoms with Crippen molar-refractivity contribution in [2.45, 2.75) is 25.1 Å². The molecule has 124 valence electrons. The fraction of sp³-hybridized carbons (Fsp3) is 0.444. The number of aromatic nitrogens is 1. The molecule has 3 rings (SSSR count). The molecule has 0 unspecified atom stereocenters. The highest BCUT2D eigenvalue weighted by molar-refractivity contribution is 7.90. The van der Waals surface area contributed by atoms with Crippen LogP contribution in [0.25, 0.3) is 11.3 Å². The molecule has 1 aliphatic rings. The van der Waals surface area contributed by atoms with E-state index in [-0.39, 0.29) is 11.5 Å². The first-order chi connectivity index (χ1) is 11.0. The SMILES string of the molecule is CN(C)CCCn1c(-c2ccccc2)cc2c1CCS(=O)(=O)C2. The van der Waals surface area contributed by atoms with Crippen molar-refractivity contribution in [2.24, 2.45) is 0 Å². The second-order valence-corrected chi connectivity index (χ2v) is 8.70. The summed E-state index contributed by atoms with van der Waals surface area (Å²) in [6, 6.07) is 12.3. The largest absolute Gasteiger partial charge is 0.344 e. The summed E-state index contributed by atoms with van der Waals surface area (Å²) in [4.78, 5) is 2.18. The number of fused-ring (bicyclic) bond motifs is 1. The van der Waals surface area contributed by atoms with Gasteiger partial charge in [0.2, 0.25) is 0 Å². The number of nitrogens with zero attached hydrogens (tertiary/aromatic N) is 2. The van der Waals surface area contributed by atoms with Crippen LogP contribution in [0.5, 0.6) is 0 Å². The number of benzene rings is 1. The van der Waals surface area contributed by atoms with E-state index < -0.39 is 9.84 Å². The molecule has 0 saturated heterocycles. The molecule has 1 aromatic carbocycles. The minimum absolute atomic E-state index is 0.183. The Morgan fingerprint density at radius 3 is 2.61 bits per heavy atom. The van der Waals surface area contributed by atoms with Gasteiger partial charge in [-0.15, -0.1) is 0 Å². The maximum Gasteiger partial charge on any atom is 0.154 e. The number of hydrogen-bond donors (Lipinski definition) is 0. The third-order valence-electron chi connectivity index (χ3n) is 4.38. The highest BCUT2D eigenvalue weighted by Gasteiger charge is 2.26. The smallest absolute Gasteiger partial charge is 0.154 e. The molecule has 5 heteroatoms. The average molecular weight is 332 g/mol. The van der Waals surface area contributed by atoms with Gasteiger partial charge in [0.25, 0.3) is 0 Å². The molecule has 0 radical (unpaired) electrons. The normalized spacial score (nSPS) is 16.5. The first-order valence-corrected chi connectivity index (χ1v) is 9.90. The van der Waals surface area contributed by atoms with E-state index in [1.54, 1.807) is 0 Å². The number of hydrogen-bond acceptors (Lipinski definition) is 3. The molecule has 0 atom stereocenters. The maximum atomic E-state index is 12.0. The highest BCUT2D eigenvalue weighted by Crippen LogP contribution is 2.31. The Labute approximate surface area is 138 Å². The van der Waals surface area contributed by atoms with Gasteiger partial charge in [-0.3, -0.25) is 0 Å². The van der Waals surface area contributed by atoms with E-state index in [1.807, 2.05) is 18.2 Å². The Hall–Kier alpha value is -1.59. The van der Waals surface area contributed by atoms with Crippen LogP contribution in [0.15, 0.2) is 36.4 Å². The van der Waals surface area contributed by atoms with Crippen LogP contribution in [-0.2, 0) is 28.6 Å². The monoisotopic (exact) mass is 332 g/mol. The van der Waals surface area contributed by atoms with E-state index in [4.69, 9.17) is 0 Å². The molecule has 0 saturated carbocycles. The molecule has 2 aromatic rings. The Bertz CT molecular complexity index is 777. The molecular weight excluding hydrogens is 308 g/mol. The first kappa shape index (κ1) is 16.3. The van der Waals surface area contributed by atoms with Crippen LogP contribution < -0.4 is 0 Å². The molecule has 0 N–H and O–H groups in total. The quantitative estimate of drug-likeness (QED) is 0.845. The maximum absolute atomic E-state index is 12.0.